The Kier molecular flexibility index (Phi) is 10.2. The van der Waals surface area contributed by atoms with E-state index in [9.17, 15) is 0 Å². The normalized spacial score (nSPS) is 11.9. The molecule has 0 aliphatic carbocycles. The predicted octanol–water partition coefficient (Wildman–Crippen LogP) is 6.67. The van der Waals surface area contributed by atoms with E-state index in [1.54, 1.807) is 0 Å². The Morgan fingerprint density at radius 2 is 0.639 bits per heavy atom. The number of hydrogen-bond donors (Lipinski definition) is 0. The fourth-order valence-corrected chi connectivity index (χ4v) is 10.2. The van der Waals surface area contributed by atoms with Gasteiger partial charge in [0.25, 0.3) is 0 Å². The maximum atomic E-state index is 6.46. The number of rotatable bonds is 13. The van der Waals surface area contributed by atoms with Gasteiger partial charge in [0, 0.05) is 21.2 Å². The first-order valence-corrected chi connectivity index (χ1v) is 17.8. The lowest BCUT2D eigenvalue weighted by atomic mass is 10.2. The molecule has 0 unspecified atom stereocenters. The maximum Gasteiger partial charge on any atom is 0.123 e. The molecule has 0 N–H and O–H groups in total. The van der Waals surface area contributed by atoms with Gasteiger partial charge in [-0.2, -0.15) is 0 Å². The molecular weight excluding hydrogens is 518 g/mol. The molecule has 186 valence electrons. The third-order valence-corrected chi connectivity index (χ3v) is 14.1. The predicted molar refractivity (Wildman–Crippen MR) is 163 cm³/mol. The van der Waals surface area contributed by atoms with E-state index in [4.69, 9.17) is 32.7 Å². The lowest BCUT2D eigenvalue weighted by Gasteiger charge is -2.24. The molecule has 0 radical (unpaired) electrons. The summed E-state index contributed by atoms with van der Waals surface area (Å²) >= 11 is 12.3. The highest BCUT2D eigenvalue weighted by Gasteiger charge is 2.24. The van der Waals surface area contributed by atoms with Crippen LogP contribution in [-0.2, 0) is 32.7 Å². The highest BCUT2D eigenvalue weighted by atomic mass is 32.4. The minimum absolute atomic E-state index is 0.661. The summed E-state index contributed by atoms with van der Waals surface area (Å²) < 4.78 is 12.9. The first-order valence-electron chi connectivity index (χ1n) is 12.3. The number of benzene rings is 4. The van der Waals surface area contributed by atoms with Crippen LogP contribution in [0.5, 0.6) is 0 Å². The van der Waals surface area contributed by atoms with Crippen molar-refractivity contribution in [1.29, 1.82) is 0 Å². The fraction of sp³-hybridized carbons (Fsp3) is 0.200. The Bertz CT molecular complexity index is 1090. The Hall–Kier alpha value is -1.90. The fourth-order valence-electron chi connectivity index (χ4n) is 4.04. The highest BCUT2D eigenvalue weighted by Crippen LogP contribution is 2.46. The van der Waals surface area contributed by atoms with E-state index in [2.05, 4.69) is 48.5 Å². The molecule has 0 aliphatic heterocycles. The molecule has 4 rings (SSSR count). The van der Waals surface area contributed by atoms with Crippen LogP contribution in [0.15, 0.2) is 121 Å². The molecular formula is C30H32O2P2S2. The van der Waals surface area contributed by atoms with Crippen molar-refractivity contribution in [2.45, 2.75) is 25.7 Å². The van der Waals surface area contributed by atoms with Crippen molar-refractivity contribution < 1.29 is 9.05 Å². The van der Waals surface area contributed by atoms with E-state index < -0.39 is 12.5 Å². The van der Waals surface area contributed by atoms with E-state index in [-0.39, 0.29) is 0 Å². The van der Waals surface area contributed by atoms with E-state index in [0.29, 0.717) is 13.2 Å². The summed E-state index contributed by atoms with van der Waals surface area (Å²) in [5.41, 5.74) is 0. The Morgan fingerprint density at radius 3 is 0.889 bits per heavy atom. The zero-order valence-electron chi connectivity index (χ0n) is 20.3. The van der Waals surface area contributed by atoms with Gasteiger partial charge >= 0.3 is 0 Å². The van der Waals surface area contributed by atoms with Gasteiger partial charge in [0.2, 0.25) is 0 Å². The Morgan fingerprint density at radius 1 is 0.389 bits per heavy atom. The molecule has 0 atom stereocenters. The molecule has 0 spiro atoms. The number of unbranched alkanes of at least 4 members (excludes halogenated alkanes) is 3. The van der Waals surface area contributed by atoms with E-state index in [1.807, 2.05) is 72.8 Å². The summed E-state index contributed by atoms with van der Waals surface area (Å²) in [6, 6.07) is 41.1. The van der Waals surface area contributed by atoms with Gasteiger partial charge in [-0.05, 0) is 12.8 Å². The Balaban J connectivity index is 1.28. The quantitative estimate of drug-likeness (QED) is 0.137. The third-order valence-electron chi connectivity index (χ3n) is 5.97. The summed E-state index contributed by atoms with van der Waals surface area (Å²) in [6.45, 7) is 1.32. The van der Waals surface area contributed by atoms with E-state index >= 15 is 0 Å². The monoisotopic (exact) mass is 550 g/mol. The summed E-state index contributed by atoms with van der Waals surface area (Å²) in [5.74, 6) is 0. The van der Waals surface area contributed by atoms with Crippen molar-refractivity contribution in [3.8, 4) is 0 Å². The molecule has 4 aromatic rings. The van der Waals surface area contributed by atoms with Crippen LogP contribution in [0, 0.1) is 0 Å². The van der Waals surface area contributed by atoms with Crippen LogP contribution < -0.4 is 21.2 Å². The third kappa shape index (κ3) is 6.90. The molecule has 4 aromatic carbocycles. The molecule has 0 saturated carbocycles. The van der Waals surface area contributed by atoms with Gasteiger partial charge in [-0.3, -0.25) is 0 Å². The molecule has 0 amide bonds. The second kappa shape index (κ2) is 13.6. The molecule has 0 aromatic heterocycles. The SMILES string of the molecule is S=P(OCCCCCCOP(=S)(c1ccccc1)c1ccccc1)(c1ccccc1)c1ccccc1. The van der Waals surface area contributed by atoms with Gasteiger partial charge in [0.1, 0.15) is 12.5 Å². The minimum Gasteiger partial charge on any atom is -0.342 e. The lowest BCUT2D eigenvalue weighted by Crippen LogP contribution is -2.18. The summed E-state index contributed by atoms with van der Waals surface area (Å²) in [4.78, 5) is 0. The van der Waals surface area contributed by atoms with Crippen LogP contribution in [0.4, 0.5) is 0 Å². The summed E-state index contributed by atoms with van der Waals surface area (Å²) in [6.07, 6.45) is -0.459. The average Bonchev–Trinajstić information content (AvgIpc) is 2.96. The molecule has 0 heterocycles. The van der Waals surface area contributed by atoms with Gasteiger partial charge in [-0.15, -0.1) is 0 Å². The number of hydrogen-bond acceptors (Lipinski definition) is 4. The molecule has 0 saturated heterocycles. The molecule has 0 aliphatic rings. The van der Waals surface area contributed by atoms with Crippen molar-refractivity contribution in [1.82, 2.24) is 0 Å². The topological polar surface area (TPSA) is 18.5 Å². The van der Waals surface area contributed by atoms with E-state index in [1.165, 1.54) is 0 Å². The zero-order valence-corrected chi connectivity index (χ0v) is 23.7. The summed E-state index contributed by atoms with van der Waals surface area (Å²) in [7, 11) is 0. The van der Waals surface area contributed by atoms with Crippen molar-refractivity contribution in [3.05, 3.63) is 121 Å². The van der Waals surface area contributed by atoms with Crippen molar-refractivity contribution in [2.75, 3.05) is 13.2 Å². The van der Waals surface area contributed by atoms with Crippen LogP contribution in [0.2, 0.25) is 0 Å². The smallest absolute Gasteiger partial charge is 0.123 e. The minimum atomic E-state index is -2.28. The standard InChI is InChI=1S/C30H32O2P2S2/c35-33(27-17-7-3-8-18-27,28-19-9-4-10-20-28)31-25-15-1-2-16-26-32-34(36,29-21-11-5-12-22-29)30-23-13-6-14-24-30/h3-14,17-24H,1-2,15-16,25-26H2. The summed E-state index contributed by atoms with van der Waals surface area (Å²) in [5, 5.41) is 4.42. The molecule has 2 nitrogen and oxygen atoms in total. The van der Waals surface area contributed by atoms with Crippen LogP contribution in [0.25, 0.3) is 0 Å². The van der Waals surface area contributed by atoms with Gasteiger partial charge < -0.3 is 9.05 Å². The van der Waals surface area contributed by atoms with E-state index in [0.717, 1.165) is 46.9 Å². The second-order valence-corrected chi connectivity index (χ2v) is 16.4. The van der Waals surface area contributed by atoms with Gasteiger partial charge in [0.05, 0.1) is 13.2 Å². The molecule has 6 heteroatoms. The first-order chi connectivity index (χ1) is 17.6. The second-order valence-electron chi connectivity index (χ2n) is 8.53. The zero-order chi connectivity index (χ0) is 25.1. The van der Waals surface area contributed by atoms with Crippen LogP contribution in [0.3, 0.4) is 0 Å². The molecule has 0 fully saturated rings. The van der Waals surface area contributed by atoms with Gasteiger partial charge in [-0.1, -0.05) is 158 Å². The van der Waals surface area contributed by atoms with Gasteiger partial charge in [-0.25, -0.2) is 0 Å². The van der Waals surface area contributed by atoms with Crippen LogP contribution in [0.1, 0.15) is 25.7 Å². The van der Waals surface area contributed by atoms with Crippen molar-refractivity contribution in [2.24, 2.45) is 0 Å². The largest absolute Gasteiger partial charge is 0.342 e. The van der Waals surface area contributed by atoms with Crippen LogP contribution in [-0.4, -0.2) is 13.2 Å². The van der Waals surface area contributed by atoms with Gasteiger partial charge in [0.15, 0.2) is 0 Å². The molecule has 0 bridgehead atoms. The van der Waals surface area contributed by atoms with Crippen LogP contribution >= 0.6 is 12.5 Å². The lowest BCUT2D eigenvalue weighted by molar-refractivity contribution is 0.322. The van der Waals surface area contributed by atoms with Crippen molar-refractivity contribution in [3.63, 3.8) is 0 Å². The highest BCUT2D eigenvalue weighted by molar-refractivity contribution is 8.19. The van der Waals surface area contributed by atoms with Crippen molar-refractivity contribution >= 4 is 57.4 Å². The first kappa shape index (κ1) is 27.1. The Labute approximate surface area is 225 Å². The average molecular weight is 551 g/mol. The maximum absolute atomic E-state index is 6.46. The molecule has 36 heavy (non-hydrogen) atoms.